The van der Waals surface area contributed by atoms with Gasteiger partial charge in [-0.15, -0.1) is 0 Å². The third-order valence-electron chi connectivity index (χ3n) is 3.59. The second-order valence-electron chi connectivity index (χ2n) is 5.46. The number of rotatable bonds is 8. The molecule has 1 rings (SSSR count). The van der Waals surface area contributed by atoms with Crippen LogP contribution in [0, 0.1) is 5.92 Å². The zero-order valence-electron chi connectivity index (χ0n) is 11.5. The first-order chi connectivity index (χ1) is 7.56. The third kappa shape index (κ3) is 4.40. The Morgan fingerprint density at radius 3 is 2.38 bits per heavy atom. The minimum atomic E-state index is 0.485. The minimum absolute atomic E-state index is 0.485. The molecule has 16 heavy (non-hydrogen) atoms. The van der Waals surface area contributed by atoms with Crippen LogP contribution >= 0.6 is 0 Å². The molecule has 0 amide bonds. The SMILES string of the molecule is COCC(C)N(C)C(CNC1CC1)C(C)C. The normalized spacial score (nSPS) is 20.4. The van der Waals surface area contributed by atoms with Crippen molar-refractivity contribution in [1.82, 2.24) is 10.2 Å². The molecule has 96 valence electrons. The fourth-order valence-corrected chi connectivity index (χ4v) is 2.11. The van der Waals surface area contributed by atoms with Crippen molar-refractivity contribution in [3.05, 3.63) is 0 Å². The molecule has 0 heterocycles. The summed E-state index contributed by atoms with van der Waals surface area (Å²) in [5.74, 6) is 0.676. The van der Waals surface area contributed by atoms with E-state index in [1.54, 1.807) is 7.11 Å². The van der Waals surface area contributed by atoms with Crippen LogP contribution < -0.4 is 5.32 Å². The van der Waals surface area contributed by atoms with Crippen LogP contribution in [0.5, 0.6) is 0 Å². The van der Waals surface area contributed by atoms with E-state index in [2.05, 4.69) is 38.0 Å². The van der Waals surface area contributed by atoms with E-state index in [0.717, 1.165) is 19.2 Å². The Hall–Kier alpha value is -0.120. The van der Waals surface area contributed by atoms with Crippen LogP contribution in [0.3, 0.4) is 0 Å². The summed E-state index contributed by atoms with van der Waals surface area (Å²) < 4.78 is 5.23. The first-order valence-corrected chi connectivity index (χ1v) is 6.50. The molecule has 0 radical (unpaired) electrons. The van der Waals surface area contributed by atoms with Crippen molar-refractivity contribution in [3.63, 3.8) is 0 Å². The first kappa shape index (κ1) is 13.9. The zero-order chi connectivity index (χ0) is 12.1. The van der Waals surface area contributed by atoms with Gasteiger partial charge < -0.3 is 10.1 Å². The van der Waals surface area contributed by atoms with Gasteiger partial charge in [0.25, 0.3) is 0 Å². The summed E-state index contributed by atoms with van der Waals surface area (Å²) in [7, 11) is 3.99. The van der Waals surface area contributed by atoms with Crippen molar-refractivity contribution in [2.75, 3.05) is 27.3 Å². The molecule has 0 aromatic heterocycles. The lowest BCUT2D eigenvalue weighted by molar-refractivity contribution is 0.0728. The number of ether oxygens (including phenoxy) is 1. The molecule has 1 saturated carbocycles. The van der Waals surface area contributed by atoms with Gasteiger partial charge >= 0.3 is 0 Å². The highest BCUT2D eigenvalue weighted by molar-refractivity contribution is 4.85. The molecule has 0 bridgehead atoms. The molecule has 2 unspecified atom stereocenters. The maximum atomic E-state index is 5.23. The predicted octanol–water partition coefficient (Wildman–Crippen LogP) is 1.73. The summed E-state index contributed by atoms with van der Waals surface area (Å²) in [6.07, 6.45) is 2.73. The topological polar surface area (TPSA) is 24.5 Å². The number of nitrogens with one attached hydrogen (secondary N) is 1. The number of hydrogen-bond donors (Lipinski definition) is 1. The Morgan fingerprint density at radius 2 is 1.94 bits per heavy atom. The van der Waals surface area contributed by atoms with Gasteiger partial charge in [-0.3, -0.25) is 4.90 Å². The Bertz CT molecular complexity index is 192. The van der Waals surface area contributed by atoms with Gasteiger partial charge in [-0.05, 0) is 32.7 Å². The molecule has 3 heteroatoms. The summed E-state index contributed by atoms with van der Waals surface area (Å²) in [4.78, 5) is 2.45. The van der Waals surface area contributed by atoms with E-state index in [1.807, 2.05) is 0 Å². The van der Waals surface area contributed by atoms with Crippen LogP contribution in [0.25, 0.3) is 0 Å². The van der Waals surface area contributed by atoms with Gasteiger partial charge in [0, 0.05) is 31.8 Å². The van der Waals surface area contributed by atoms with Gasteiger partial charge in [-0.25, -0.2) is 0 Å². The van der Waals surface area contributed by atoms with Crippen LogP contribution in [-0.4, -0.2) is 50.3 Å². The molecule has 0 aliphatic heterocycles. The van der Waals surface area contributed by atoms with E-state index < -0.39 is 0 Å². The van der Waals surface area contributed by atoms with E-state index in [9.17, 15) is 0 Å². The molecule has 1 fully saturated rings. The van der Waals surface area contributed by atoms with Gasteiger partial charge in [0.15, 0.2) is 0 Å². The van der Waals surface area contributed by atoms with Crippen molar-refractivity contribution >= 4 is 0 Å². The number of nitrogens with zero attached hydrogens (tertiary/aromatic N) is 1. The summed E-state index contributed by atoms with van der Waals surface area (Å²) in [6, 6.07) is 1.89. The first-order valence-electron chi connectivity index (χ1n) is 6.50. The highest BCUT2D eigenvalue weighted by atomic mass is 16.5. The average Bonchev–Trinajstić information content (AvgIpc) is 3.01. The highest BCUT2D eigenvalue weighted by Gasteiger charge is 2.26. The second kappa shape index (κ2) is 6.58. The largest absolute Gasteiger partial charge is 0.383 e. The van der Waals surface area contributed by atoms with Crippen molar-refractivity contribution in [2.24, 2.45) is 5.92 Å². The Kier molecular flexibility index (Phi) is 5.73. The highest BCUT2D eigenvalue weighted by Crippen LogP contribution is 2.20. The van der Waals surface area contributed by atoms with Gasteiger partial charge in [-0.2, -0.15) is 0 Å². The minimum Gasteiger partial charge on any atom is -0.383 e. The van der Waals surface area contributed by atoms with E-state index in [4.69, 9.17) is 4.74 Å². The van der Waals surface area contributed by atoms with Gasteiger partial charge in [-0.1, -0.05) is 13.8 Å². The maximum absolute atomic E-state index is 5.23. The quantitative estimate of drug-likeness (QED) is 0.685. The summed E-state index contributed by atoms with van der Waals surface area (Å²) in [5, 5.41) is 3.63. The molecule has 0 aromatic carbocycles. The van der Waals surface area contributed by atoms with E-state index in [-0.39, 0.29) is 0 Å². The number of likely N-dealkylation sites (N-methyl/N-ethyl adjacent to an activating group) is 1. The molecule has 0 saturated heterocycles. The molecular formula is C13H28N2O. The number of methoxy groups -OCH3 is 1. The zero-order valence-corrected chi connectivity index (χ0v) is 11.5. The molecule has 3 nitrogen and oxygen atoms in total. The van der Waals surface area contributed by atoms with E-state index in [1.165, 1.54) is 12.8 Å². The molecule has 1 aliphatic rings. The van der Waals surface area contributed by atoms with Crippen LogP contribution in [-0.2, 0) is 4.74 Å². The second-order valence-corrected chi connectivity index (χ2v) is 5.46. The van der Waals surface area contributed by atoms with Crippen molar-refractivity contribution in [2.45, 2.75) is 51.7 Å². The fraction of sp³-hybridized carbons (Fsp3) is 1.00. The summed E-state index contributed by atoms with van der Waals surface area (Å²) in [5.41, 5.74) is 0. The smallest absolute Gasteiger partial charge is 0.0615 e. The standard InChI is InChI=1S/C13H28N2O/c1-10(2)13(8-14-12-6-7-12)15(4)11(3)9-16-5/h10-14H,6-9H2,1-5H3. The lowest BCUT2D eigenvalue weighted by Gasteiger charge is -2.35. The summed E-state index contributed by atoms with van der Waals surface area (Å²) >= 11 is 0. The Balaban J connectivity index is 2.39. The molecule has 1 N–H and O–H groups in total. The van der Waals surface area contributed by atoms with Gasteiger partial charge in [0.05, 0.1) is 6.61 Å². The van der Waals surface area contributed by atoms with Crippen molar-refractivity contribution in [3.8, 4) is 0 Å². The maximum Gasteiger partial charge on any atom is 0.0615 e. The molecule has 0 aromatic rings. The lowest BCUT2D eigenvalue weighted by Crippen LogP contribution is -2.49. The van der Waals surface area contributed by atoms with E-state index in [0.29, 0.717) is 18.0 Å². The van der Waals surface area contributed by atoms with Gasteiger partial charge in [0.1, 0.15) is 0 Å². The Morgan fingerprint density at radius 1 is 1.31 bits per heavy atom. The Labute approximate surface area is 101 Å². The lowest BCUT2D eigenvalue weighted by atomic mass is 10.0. The molecule has 1 aliphatic carbocycles. The fourth-order valence-electron chi connectivity index (χ4n) is 2.11. The molecular weight excluding hydrogens is 200 g/mol. The van der Waals surface area contributed by atoms with Crippen LogP contribution in [0.2, 0.25) is 0 Å². The van der Waals surface area contributed by atoms with Crippen molar-refractivity contribution < 1.29 is 4.74 Å². The van der Waals surface area contributed by atoms with E-state index >= 15 is 0 Å². The molecule has 0 spiro atoms. The van der Waals surface area contributed by atoms with Gasteiger partial charge in [0.2, 0.25) is 0 Å². The predicted molar refractivity (Wildman–Crippen MR) is 68.8 cm³/mol. The molecule has 2 atom stereocenters. The summed E-state index contributed by atoms with van der Waals surface area (Å²) in [6.45, 7) is 8.75. The monoisotopic (exact) mass is 228 g/mol. The third-order valence-corrected chi connectivity index (χ3v) is 3.59. The van der Waals surface area contributed by atoms with Crippen LogP contribution in [0.15, 0.2) is 0 Å². The van der Waals surface area contributed by atoms with Crippen LogP contribution in [0.4, 0.5) is 0 Å². The van der Waals surface area contributed by atoms with Crippen LogP contribution in [0.1, 0.15) is 33.6 Å². The number of hydrogen-bond acceptors (Lipinski definition) is 3. The van der Waals surface area contributed by atoms with Crippen molar-refractivity contribution in [1.29, 1.82) is 0 Å². The average molecular weight is 228 g/mol.